The van der Waals surface area contributed by atoms with Crippen molar-refractivity contribution in [2.75, 3.05) is 7.05 Å². The van der Waals surface area contributed by atoms with Crippen LogP contribution < -0.4 is 10.1 Å². The van der Waals surface area contributed by atoms with E-state index >= 15 is 0 Å². The summed E-state index contributed by atoms with van der Waals surface area (Å²) in [6, 6.07) is 6.89. The number of halogens is 2. The molecule has 0 fully saturated rings. The molecular weight excluding hydrogens is 238 g/mol. The van der Waals surface area contributed by atoms with E-state index in [-0.39, 0.29) is 11.7 Å². The number of rotatable bonds is 4. The minimum Gasteiger partial charge on any atom is -0.436 e. The summed E-state index contributed by atoms with van der Waals surface area (Å²) in [4.78, 5) is 3.82. The molecule has 0 saturated carbocycles. The fraction of sp³-hybridized carbons (Fsp3) is 0.154. The molecule has 3 nitrogen and oxygen atoms in total. The van der Waals surface area contributed by atoms with Crippen LogP contribution >= 0.6 is 0 Å². The lowest BCUT2D eigenvalue weighted by atomic mass is 10.2. The van der Waals surface area contributed by atoms with E-state index in [9.17, 15) is 8.78 Å². The zero-order chi connectivity index (χ0) is 13.0. The highest BCUT2D eigenvalue weighted by molar-refractivity contribution is 5.30. The van der Waals surface area contributed by atoms with Gasteiger partial charge in [-0.05, 0) is 37.4 Å². The van der Waals surface area contributed by atoms with E-state index in [1.54, 1.807) is 13.1 Å². The van der Waals surface area contributed by atoms with Crippen LogP contribution in [0.2, 0.25) is 0 Å². The van der Waals surface area contributed by atoms with Gasteiger partial charge in [-0.3, -0.25) is 0 Å². The molecule has 94 valence electrons. The van der Waals surface area contributed by atoms with Crippen molar-refractivity contribution in [1.82, 2.24) is 10.3 Å². The number of pyridine rings is 1. The van der Waals surface area contributed by atoms with Gasteiger partial charge in [-0.25, -0.2) is 13.8 Å². The molecule has 0 radical (unpaired) electrons. The van der Waals surface area contributed by atoms with Gasteiger partial charge in [-0.2, -0.15) is 0 Å². The summed E-state index contributed by atoms with van der Waals surface area (Å²) in [7, 11) is 1.72. The van der Waals surface area contributed by atoms with Gasteiger partial charge in [0.05, 0.1) is 0 Å². The third kappa shape index (κ3) is 2.81. The van der Waals surface area contributed by atoms with Gasteiger partial charge in [-0.15, -0.1) is 0 Å². The predicted molar refractivity (Wildman–Crippen MR) is 63.4 cm³/mol. The van der Waals surface area contributed by atoms with Crippen LogP contribution in [-0.4, -0.2) is 12.0 Å². The Labute approximate surface area is 103 Å². The van der Waals surface area contributed by atoms with Crippen LogP contribution in [0.3, 0.4) is 0 Å². The lowest BCUT2D eigenvalue weighted by molar-refractivity contribution is 0.417. The molecule has 0 aliphatic heterocycles. The highest BCUT2D eigenvalue weighted by atomic mass is 19.1. The molecule has 1 aromatic heterocycles. The molecule has 0 spiro atoms. The van der Waals surface area contributed by atoms with Gasteiger partial charge in [0.1, 0.15) is 11.6 Å². The topological polar surface area (TPSA) is 34.2 Å². The van der Waals surface area contributed by atoms with Crippen LogP contribution in [0.5, 0.6) is 11.6 Å². The first-order valence-electron chi connectivity index (χ1n) is 5.42. The summed E-state index contributed by atoms with van der Waals surface area (Å²) in [6.07, 6.45) is 1.47. The predicted octanol–water partition coefficient (Wildman–Crippen LogP) is 2.87. The maximum Gasteiger partial charge on any atom is 0.256 e. The summed E-state index contributed by atoms with van der Waals surface area (Å²) in [6.45, 7) is 0.383. The average Bonchev–Trinajstić information content (AvgIpc) is 2.37. The van der Waals surface area contributed by atoms with Crippen LogP contribution in [0.25, 0.3) is 0 Å². The number of benzene rings is 1. The Kier molecular flexibility index (Phi) is 3.84. The number of ether oxygens (including phenoxy) is 1. The Hall–Kier alpha value is -2.01. The van der Waals surface area contributed by atoms with Gasteiger partial charge in [0.15, 0.2) is 5.82 Å². The number of hydrogen-bond donors (Lipinski definition) is 1. The molecule has 1 aromatic carbocycles. The van der Waals surface area contributed by atoms with Crippen molar-refractivity contribution >= 4 is 0 Å². The molecule has 1 N–H and O–H groups in total. The Morgan fingerprint density at radius 2 is 1.89 bits per heavy atom. The van der Waals surface area contributed by atoms with Crippen LogP contribution in [-0.2, 0) is 6.54 Å². The molecule has 1 heterocycles. The van der Waals surface area contributed by atoms with E-state index in [1.807, 2.05) is 0 Å². The molecule has 0 saturated heterocycles. The van der Waals surface area contributed by atoms with E-state index in [2.05, 4.69) is 10.3 Å². The van der Waals surface area contributed by atoms with E-state index in [0.29, 0.717) is 17.9 Å². The minimum atomic E-state index is -0.517. The molecule has 0 unspecified atom stereocenters. The second kappa shape index (κ2) is 5.55. The van der Waals surface area contributed by atoms with Crippen molar-refractivity contribution in [3.8, 4) is 11.6 Å². The van der Waals surface area contributed by atoms with Crippen molar-refractivity contribution in [3.05, 3.63) is 53.7 Å². The summed E-state index contributed by atoms with van der Waals surface area (Å²) in [5, 5.41) is 2.85. The summed E-state index contributed by atoms with van der Waals surface area (Å²) in [5.41, 5.74) is 0.463. The molecule has 0 aliphatic carbocycles. The summed E-state index contributed by atoms with van der Waals surface area (Å²) >= 11 is 0. The third-order valence-electron chi connectivity index (χ3n) is 2.33. The van der Waals surface area contributed by atoms with Crippen molar-refractivity contribution < 1.29 is 13.5 Å². The van der Waals surface area contributed by atoms with Crippen LogP contribution in [0.15, 0.2) is 36.5 Å². The zero-order valence-corrected chi connectivity index (χ0v) is 9.78. The second-order valence-electron chi connectivity index (χ2n) is 3.68. The number of aromatic nitrogens is 1. The van der Waals surface area contributed by atoms with Gasteiger partial charge >= 0.3 is 0 Å². The molecule has 2 aromatic rings. The smallest absolute Gasteiger partial charge is 0.256 e. The number of nitrogens with one attached hydrogen (secondary N) is 1. The molecule has 18 heavy (non-hydrogen) atoms. The van der Waals surface area contributed by atoms with Crippen molar-refractivity contribution in [2.45, 2.75) is 6.54 Å². The van der Waals surface area contributed by atoms with Crippen molar-refractivity contribution in [2.24, 2.45) is 0 Å². The number of hydrogen-bond acceptors (Lipinski definition) is 3. The lowest BCUT2D eigenvalue weighted by Crippen LogP contribution is -2.08. The molecular formula is C13H12F2N2O. The van der Waals surface area contributed by atoms with E-state index in [4.69, 9.17) is 4.74 Å². The Morgan fingerprint density at radius 3 is 2.56 bits per heavy atom. The van der Waals surface area contributed by atoms with Crippen LogP contribution in [0, 0.1) is 11.6 Å². The summed E-state index contributed by atoms with van der Waals surface area (Å²) in [5.74, 6) is -0.672. The average molecular weight is 250 g/mol. The first kappa shape index (κ1) is 12.4. The normalized spacial score (nSPS) is 10.4. The lowest BCUT2D eigenvalue weighted by Gasteiger charge is -2.08. The first-order chi connectivity index (χ1) is 8.70. The Morgan fingerprint density at radius 1 is 1.17 bits per heavy atom. The zero-order valence-electron chi connectivity index (χ0n) is 9.78. The van der Waals surface area contributed by atoms with Gasteiger partial charge in [0.25, 0.3) is 5.88 Å². The third-order valence-corrected chi connectivity index (χ3v) is 2.33. The SMILES string of the molecule is CNCc1ccnc(Oc2ccc(F)cc2)c1F. The number of nitrogens with zero attached hydrogens (tertiary/aromatic N) is 1. The fourth-order valence-corrected chi connectivity index (χ4v) is 1.47. The van der Waals surface area contributed by atoms with E-state index in [0.717, 1.165) is 0 Å². The quantitative estimate of drug-likeness (QED) is 0.906. The van der Waals surface area contributed by atoms with E-state index < -0.39 is 5.82 Å². The highest BCUT2D eigenvalue weighted by Gasteiger charge is 2.11. The molecule has 5 heteroatoms. The molecule has 0 aliphatic rings. The Bertz CT molecular complexity index is 529. The molecule has 0 amide bonds. The maximum atomic E-state index is 13.9. The molecule has 0 atom stereocenters. The highest BCUT2D eigenvalue weighted by Crippen LogP contribution is 2.24. The van der Waals surface area contributed by atoms with Gasteiger partial charge in [-0.1, -0.05) is 0 Å². The molecule has 2 rings (SSSR count). The van der Waals surface area contributed by atoms with Crippen molar-refractivity contribution in [3.63, 3.8) is 0 Å². The van der Waals surface area contributed by atoms with Crippen LogP contribution in [0.1, 0.15) is 5.56 Å². The molecule has 0 bridgehead atoms. The van der Waals surface area contributed by atoms with E-state index in [1.165, 1.54) is 30.5 Å². The maximum absolute atomic E-state index is 13.9. The monoisotopic (exact) mass is 250 g/mol. The first-order valence-corrected chi connectivity index (χ1v) is 5.42. The Balaban J connectivity index is 2.23. The second-order valence-corrected chi connectivity index (χ2v) is 3.68. The standard InChI is InChI=1S/C13H12F2N2O/c1-16-8-9-6-7-17-13(12(9)15)18-11-4-2-10(14)3-5-11/h2-7,16H,8H2,1H3. The van der Waals surface area contributed by atoms with Gasteiger partial charge in [0, 0.05) is 18.3 Å². The van der Waals surface area contributed by atoms with Gasteiger partial charge < -0.3 is 10.1 Å². The largest absolute Gasteiger partial charge is 0.436 e. The summed E-state index contributed by atoms with van der Waals surface area (Å²) < 4.78 is 31.9. The minimum absolute atomic E-state index is 0.116. The fourth-order valence-electron chi connectivity index (χ4n) is 1.47. The van der Waals surface area contributed by atoms with Gasteiger partial charge in [0.2, 0.25) is 0 Å². The van der Waals surface area contributed by atoms with Crippen molar-refractivity contribution in [1.29, 1.82) is 0 Å². The van der Waals surface area contributed by atoms with Crippen LogP contribution in [0.4, 0.5) is 8.78 Å².